The molecule has 100 valence electrons. The quantitative estimate of drug-likeness (QED) is 0.642. The van der Waals surface area contributed by atoms with Gasteiger partial charge in [0.1, 0.15) is 0 Å². The summed E-state index contributed by atoms with van der Waals surface area (Å²) in [5.41, 5.74) is 1.53. The second-order valence-electron chi connectivity index (χ2n) is 4.25. The molecule has 5 heteroatoms. The van der Waals surface area contributed by atoms with E-state index in [0.29, 0.717) is 5.56 Å². The summed E-state index contributed by atoms with van der Waals surface area (Å²) in [5.74, 6) is -0.0318. The van der Waals surface area contributed by atoms with Crippen LogP contribution in [0.2, 0.25) is 0 Å². The molecule has 0 aliphatic rings. The normalized spacial score (nSPS) is 10.7. The first kappa shape index (κ1) is 14.1. The first-order valence-electron chi connectivity index (χ1n) is 5.87. The van der Waals surface area contributed by atoms with Gasteiger partial charge in [0.2, 0.25) is 0 Å². The van der Waals surface area contributed by atoms with Crippen LogP contribution in [0.5, 0.6) is 0 Å². The minimum atomic E-state index is -0.0657. The Bertz CT molecular complexity index is 653. The highest BCUT2D eigenvalue weighted by atomic mass is 32.2. The number of aryl methyl sites for hydroxylation is 1. The Hall–Kier alpha value is -1.33. The van der Waals surface area contributed by atoms with Crippen molar-refractivity contribution in [2.24, 2.45) is 0 Å². The van der Waals surface area contributed by atoms with Crippen LogP contribution in [0.15, 0.2) is 34.0 Å². The van der Waals surface area contributed by atoms with Crippen molar-refractivity contribution >= 4 is 28.9 Å². The molecule has 0 amide bonds. The van der Waals surface area contributed by atoms with Gasteiger partial charge < -0.3 is 0 Å². The first-order valence-corrected chi connectivity index (χ1v) is 7.91. The number of hydrogen-bond acceptors (Lipinski definition) is 4. The average molecular weight is 293 g/mol. The molecular formula is C14H15NO2S2. The zero-order chi connectivity index (χ0) is 14.0. The number of hydrogen-bond donors (Lipinski definition) is 0. The van der Waals surface area contributed by atoms with Crippen molar-refractivity contribution in [1.82, 2.24) is 4.57 Å². The molecule has 0 saturated carbocycles. The minimum absolute atomic E-state index is 0.0318. The van der Waals surface area contributed by atoms with Gasteiger partial charge in [-0.25, -0.2) is 0 Å². The van der Waals surface area contributed by atoms with Crippen molar-refractivity contribution < 1.29 is 4.79 Å². The number of ketones is 1. The molecule has 0 aliphatic heterocycles. The molecule has 0 atom stereocenters. The van der Waals surface area contributed by atoms with E-state index in [-0.39, 0.29) is 17.2 Å². The monoisotopic (exact) mass is 293 g/mol. The van der Waals surface area contributed by atoms with Gasteiger partial charge in [-0.2, -0.15) is 0 Å². The van der Waals surface area contributed by atoms with Crippen LogP contribution in [0.4, 0.5) is 0 Å². The van der Waals surface area contributed by atoms with E-state index in [4.69, 9.17) is 0 Å². The molecule has 0 aliphatic carbocycles. The molecule has 3 nitrogen and oxygen atoms in total. The van der Waals surface area contributed by atoms with Gasteiger partial charge in [0.15, 0.2) is 5.78 Å². The molecule has 2 aromatic rings. The van der Waals surface area contributed by atoms with Gasteiger partial charge in [-0.3, -0.25) is 14.2 Å². The van der Waals surface area contributed by atoms with E-state index in [1.807, 2.05) is 44.4 Å². The molecule has 2 rings (SSSR count). The number of rotatable bonds is 4. The van der Waals surface area contributed by atoms with E-state index >= 15 is 0 Å². The highest BCUT2D eigenvalue weighted by molar-refractivity contribution is 7.98. The molecule has 1 aromatic carbocycles. The van der Waals surface area contributed by atoms with Crippen molar-refractivity contribution in [1.29, 1.82) is 0 Å². The summed E-state index contributed by atoms with van der Waals surface area (Å²) in [4.78, 5) is 25.9. The number of nitrogens with zero attached hydrogens (tertiary/aromatic N) is 1. The third-order valence-electron chi connectivity index (χ3n) is 3.09. The van der Waals surface area contributed by atoms with Crippen LogP contribution < -0.4 is 4.87 Å². The number of carbonyl (C=O) groups excluding carboxylic acids is 1. The van der Waals surface area contributed by atoms with Crippen LogP contribution in [0.25, 0.3) is 0 Å². The molecule has 0 N–H and O–H groups in total. The SMILES string of the molecule is CSc1ccc(C(=O)Cn2c(C)c(C)sc2=O)cc1. The fourth-order valence-corrected chi connectivity index (χ4v) is 3.02. The van der Waals surface area contributed by atoms with Crippen molar-refractivity contribution in [2.75, 3.05) is 6.26 Å². The maximum Gasteiger partial charge on any atom is 0.307 e. The molecule has 0 radical (unpaired) electrons. The first-order chi connectivity index (χ1) is 9.02. The lowest BCUT2D eigenvalue weighted by atomic mass is 10.1. The maximum absolute atomic E-state index is 12.2. The average Bonchev–Trinajstić information content (AvgIpc) is 2.65. The number of benzene rings is 1. The lowest BCUT2D eigenvalue weighted by molar-refractivity contribution is 0.0970. The predicted molar refractivity (Wildman–Crippen MR) is 80.6 cm³/mol. The molecule has 1 aromatic heterocycles. The summed E-state index contributed by atoms with van der Waals surface area (Å²) in [6.07, 6.45) is 1.99. The predicted octanol–water partition coefficient (Wildman–Crippen LogP) is 3.13. The van der Waals surface area contributed by atoms with Crippen LogP contribution in [0.3, 0.4) is 0 Å². The number of carbonyl (C=O) groups is 1. The van der Waals surface area contributed by atoms with Crippen LogP contribution in [-0.4, -0.2) is 16.6 Å². The molecule has 0 bridgehead atoms. The Labute approximate surface area is 120 Å². The summed E-state index contributed by atoms with van der Waals surface area (Å²) < 4.78 is 1.55. The van der Waals surface area contributed by atoms with Gasteiger partial charge in [-0.1, -0.05) is 23.5 Å². The van der Waals surface area contributed by atoms with Gasteiger partial charge in [-0.15, -0.1) is 11.8 Å². The molecule has 0 fully saturated rings. The Balaban J connectivity index is 2.23. The van der Waals surface area contributed by atoms with E-state index in [1.54, 1.807) is 16.3 Å². The summed E-state index contributed by atoms with van der Waals surface area (Å²) in [7, 11) is 0. The second-order valence-corrected chi connectivity index (χ2v) is 6.29. The molecule has 1 heterocycles. The van der Waals surface area contributed by atoms with Crippen molar-refractivity contribution in [2.45, 2.75) is 25.3 Å². The standard InChI is InChI=1S/C14H15NO2S2/c1-9-10(2)19-14(17)15(9)8-13(16)11-4-6-12(18-3)7-5-11/h4-7H,8H2,1-3H3. The van der Waals surface area contributed by atoms with E-state index in [2.05, 4.69) is 0 Å². The van der Waals surface area contributed by atoms with Gasteiger partial charge >= 0.3 is 4.87 Å². The number of aromatic nitrogens is 1. The van der Waals surface area contributed by atoms with Gasteiger partial charge in [0, 0.05) is 21.0 Å². The Morgan fingerprint density at radius 1 is 1.26 bits per heavy atom. The summed E-state index contributed by atoms with van der Waals surface area (Å²) in [6.45, 7) is 3.89. The highest BCUT2D eigenvalue weighted by Crippen LogP contribution is 2.16. The molecule has 0 saturated heterocycles. The van der Waals surface area contributed by atoms with Crippen molar-refractivity contribution in [3.63, 3.8) is 0 Å². The van der Waals surface area contributed by atoms with E-state index < -0.39 is 0 Å². The molecule has 0 unspecified atom stereocenters. The smallest absolute Gasteiger partial charge is 0.295 e. The minimum Gasteiger partial charge on any atom is -0.295 e. The zero-order valence-corrected chi connectivity index (χ0v) is 12.7. The van der Waals surface area contributed by atoms with Crippen LogP contribution in [-0.2, 0) is 6.54 Å². The van der Waals surface area contributed by atoms with Gasteiger partial charge in [0.05, 0.1) is 6.54 Å². The van der Waals surface area contributed by atoms with E-state index in [9.17, 15) is 9.59 Å². The Kier molecular flexibility index (Phi) is 4.27. The maximum atomic E-state index is 12.2. The summed E-state index contributed by atoms with van der Waals surface area (Å²) in [6, 6.07) is 7.47. The number of Topliss-reactive ketones (excluding diaryl/α,β-unsaturated/α-hetero) is 1. The van der Waals surface area contributed by atoms with Crippen LogP contribution in [0.1, 0.15) is 20.9 Å². The summed E-state index contributed by atoms with van der Waals surface area (Å²) >= 11 is 2.83. The van der Waals surface area contributed by atoms with Gasteiger partial charge in [-0.05, 0) is 32.2 Å². The van der Waals surface area contributed by atoms with E-state index in [1.165, 1.54) is 11.3 Å². The molecule has 0 spiro atoms. The Morgan fingerprint density at radius 3 is 2.37 bits per heavy atom. The van der Waals surface area contributed by atoms with Crippen LogP contribution in [0, 0.1) is 13.8 Å². The fourth-order valence-electron chi connectivity index (χ4n) is 1.78. The highest BCUT2D eigenvalue weighted by Gasteiger charge is 2.12. The largest absolute Gasteiger partial charge is 0.307 e. The van der Waals surface area contributed by atoms with Crippen LogP contribution >= 0.6 is 23.1 Å². The molecule has 19 heavy (non-hydrogen) atoms. The topological polar surface area (TPSA) is 39.1 Å². The summed E-state index contributed by atoms with van der Waals surface area (Å²) in [5, 5.41) is 0. The lowest BCUT2D eigenvalue weighted by Gasteiger charge is -2.05. The van der Waals surface area contributed by atoms with Crippen molar-refractivity contribution in [3.05, 3.63) is 50.1 Å². The van der Waals surface area contributed by atoms with E-state index in [0.717, 1.165) is 15.5 Å². The van der Waals surface area contributed by atoms with Crippen molar-refractivity contribution in [3.8, 4) is 0 Å². The number of thioether (sulfide) groups is 1. The fraction of sp³-hybridized carbons (Fsp3) is 0.286. The molecular weight excluding hydrogens is 278 g/mol. The zero-order valence-electron chi connectivity index (χ0n) is 11.1. The second kappa shape index (κ2) is 5.75. The number of thiazole rings is 1. The third-order valence-corrected chi connectivity index (χ3v) is 4.83. The van der Waals surface area contributed by atoms with Gasteiger partial charge in [0.25, 0.3) is 0 Å². The Morgan fingerprint density at radius 2 is 1.89 bits per heavy atom. The lowest BCUT2D eigenvalue weighted by Crippen LogP contribution is -2.20. The third kappa shape index (κ3) is 2.98.